The number of imide groups is 1. The Bertz CT molecular complexity index is 474. The lowest BCUT2D eigenvalue weighted by Crippen LogP contribution is -2.41. The van der Waals surface area contributed by atoms with Crippen molar-refractivity contribution >= 4 is 17.7 Å². The molecule has 94 valence electrons. The van der Waals surface area contributed by atoms with Gasteiger partial charge in [-0.2, -0.15) is 0 Å². The van der Waals surface area contributed by atoms with Crippen molar-refractivity contribution in [2.24, 2.45) is 0 Å². The third-order valence-corrected chi connectivity index (χ3v) is 3.48. The number of piperidine rings is 1. The first-order valence-electron chi connectivity index (χ1n) is 6.20. The summed E-state index contributed by atoms with van der Waals surface area (Å²) in [4.78, 5) is 27.3. The first-order valence-corrected chi connectivity index (χ1v) is 6.20. The number of para-hydroxylation sites is 1. The van der Waals surface area contributed by atoms with Gasteiger partial charge in [-0.25, -0.2) is 14.5 Å². The highest BCUT2D eigenvalue weighted by molar-refractivity contribution is 6.02. The maximum atomic E-state index is 12.1. The number of fused-ring (bicyclic) bond motifs is 2. The summed E-state index contributed by atoms with van der Waals surface area (Å²) >= 11 is 0. The summed E-state index contributed by atoms with van der Waals surface area (Å²) in [5.74, 6) is 0. The third-order valence-electron chi connectivity index (χ3n) is 3.48. The van der Waals surface area contributed by atoms with E-state index in [9.17, 15) is 9.59 Å². The summed E-state index contributed by atoms with van der Waals surface area (Å²) < 4.78 is 0. The molecule has 2 aliphatic heterocycles. The number of anilines is 1. The second-order valence-corrected chi connectivity index (χ2v) is 4.69. The van der Waals surface area contributed by atoms with E-state index >= 15 is 0 Å². The van der Waals surface area contributed by atoms with Gasteiger partial charge in [-0.15, -0.1) is 0 Å². The molecule has 1 unspecified atom stereocenters. The van der Waals surface area contributed by atoms with Crippen molar-refractivity contribution < 1.29 is 9.59 Å². The molecule has 2 aliphatic rings. The molecule has 0 radical (unpaired) electrons. The molecule has 5 nitrogen and oxygen atoms in total. The van der Waals surface area contributed by atoms with Gasteiger partial charge in [0, 0.05) is 18.8 Å². The number of carbonyl (C=O) groups excluding carboxylic acids is 2. The Morgan fingerprint density at radius 3 is 2.78 bits per heavy atom. The molecule has 1 N–H and O–H groups in total. The van der Waals surface area contributed by atoms with Crippen LogP contribution in [0.3, 0.4) is 0 Å². The predicted molar refractivity (Wildman–Crippen MR) is 67.3 cm³/mol. The molecule has 1 aromatic carbocycles. The molecule has 0 spiro atoms. The van der Waals surface area contributed by atoms with Gasteiger partial charge in [-0.1, -0.05) is 18.2 Å². The minimum Gasteiger partial charge on any atom is -0.322 e. The zero-order valence-corrected chi connectivity index (χ0v) is 10.0. The number of nitrogens with one attached hydrogen (secondary N) is 1. The van der Waals surface area contributed by atoms with E-state index in [1.807, 2.05) is 30.3 Å². The molecule has 18 heavy (non-hydrogen) atoms. The molecule has 2 bridgehead atoms. The molecule has 0 aliphatic carbocycles. The van der Waals surface area contributed by atoms with Crippen LogP contribution in [0.15, 0.2) is 30.3 Å². The second kappa shape index (κ2) is 4.33. The lowest BCUT2D eigenvalue weighted by Gasteiger charge is -2.21. The molecular formula is C13H15N3O2. The molecule has 1 atom stereocenters. The van der Waals surface area contributed by atoms with E-state index in [1.165, 1.54) is 4.90 Å². The summed E-state index contributed by atoms with van der Waals surface area (Å²) in [7, 11) is 0. The van der Waals surface area contributed by atoms with E-state index in [-0.39, 0.29) is 18.1 Å². The van der Waals surface area contributed by atoms with E-state index in [0.29, 0.717) is 12.2 Å². The number of amides is 4. The topological polar surface area (TPSA) is 52.7 Å². The summed E-state index contributed by atoms with van der Waals surface area (Å²) in [6.45, 7) is 1.45. The number of nitrogens with zero attached hydrogens (tertiary/aromatic N) is 2. The Morgan fingerprint density at radius 1 is 1.28 bits per heavy atom. The number of urea groups is 2. The van der Waals surface area contributed by atoms with E-state index < -0.39 is 0 Å². The molecule has 0 aromatic heterocycles. The standard InChI is InChI=1S/C13H15N3O2/c17-12(14-10-5-2-1-3-6-10)16-11-7-4-8-15(9-11)13(16)18/h1-3,5-6,11H,4,7-9H2,(H,14,17). The lowest BCUT2D eigenvalue weighted by atomic mass is 10.1. The van der Waals surface area contributed by atoms with Gasteiger partial charge in [0.25, 0.3) is 0 Å². The first-order chi connectivity index (χ1) is 8.75. The van der Waals surface area contributed by atoms with Crippen LogP contribution in [-0.4, -0.2) is 41.0 Å². The van der Waals surface area contributed by atoms with E-state index in [0.717, 1.165) is 19.4 Å². The number of rotatable bonds is 1. The average Bonchev–Trinajstić information content (AvgIpc) is 2.61. The fraction of sp³-hybridized carbons (Fsp3) is 0.385. The molecule has 3 rings (SSSR count). The molecule has 0 saturated carbocycles. The van der Waals surface area contributed by atoms with Crippen LogP contribution in [0.4, 0.5) is 15.3 Å². The van der Waals surface area contributed by atoms with Gasteiger partial charge in [0.2, 0.25) is 0 Å². The number of carbonyl (C=O) groups is 2. The van der Waals surface area contributed by atoms with Crippen LogP contribution < -0.4 is 5.32 Å². The van der Waals surface area contributed by atoms with E-state index in [1.54, 1.807) is 4.90 Å². The number of hydrogen-bond donors (Lipinski definition) is 1. The molecule has 2 fully saturated rings. The minimum absolute atomic E-state index is 0.0370. The van der Waals surface area contributed by atoms with Crippen LogP contribution in [0.2, 0.25) is 0 Å². The summed E-state index contributed by atoms with van der Waals surface area (Å²) in [5.41, 5.74) is 0.715. The average molecular weight is 245 g/mol. The quantitative estimate of drug-likeness (QED) is 0.824. The largest absolute Gasteiger partial charge is 0.330 e. The normalized spacial score (nSPS) is 22.2. The second-order valence-electron chi connectivity index (χ2n) is 4.69. The van der Waals surface area contributed by atoms with Crippen molar-refractivity contribution in [2.45, 2.75) is 18.9 Å². The van der Waals surface area contributed by atoms with Crippen LogP contribution >= 0.6 is 0 Å². The van der Waals surface area contributed by atoms with Gasteiger partial charge < -0.3 is 10.2 Å². The zero-order valence-electron chi connectivity index (χ0n) is 10.0. The van der Waals surface area contributed by atoms with Gasteiger partial charge in [-0.05, 0) is 25.0 Å². The van der Waals surface area contributed by atoms with Crippen molar-refractivity contribution in [1.82, 2.24) is 9.80 Å². The smallest absolute Gasteiger partial charge is 0.322 e. The predicted octanol–water partition coefficient (Wildman–Crippen LogP) is 2.12. The molecule has 1 aromatic rings. The van der Waals surface area contributed by atoms with Crippen molar-refractivity contribution in [3.05, 3.63) is 30.3 Å². The van der Waals surface area contributed by atoms with Crippen LogP contribution in [0, 0.1) is 0 Å². The lowest BCUT2D eigenvalue weighted by molar-refractivity contribution is 0.190. The third kappa shape index (κ3) is 1.81. The van der Waals surface area contributed by atoms with Crippen LogP contribution in [0.25, 0.3) is 0 Å². The van der Waals surface area contributed by atoms with Crippen LogP contribution in [-0.2, 0) is 0 Å². The Labute approximate surface area is 105 Å². The minimum atomic E-state index is -0.319. The summed E-state index contributed by atoms with van der Waals surface area (Å²) in [6.07, 6.45) is 1.88. The van der Waals surface area contributed by atoms with Crippen LogP contribution in [0.1, 0.15) is 12.8 Å². The highest BCUT2D eigenvalue weighted by Crippen LogP contribution is 2.25. The van der Waals surface area contributed by atoms with Crippen molar-refractivity contribution in [3.63, 3.8) is 0 Å². The van der Waals surface area contributed by atoms with Crippen molar-refractivity contribution in [1.29, 1.82) is 0 Å². The fourth-order valence-electron chi connectivity index (χ4n) is 2.61. The maximum Gasteiger partial charge on any atom is 0.330 e. The Morgan fingerprint density at radius 2 is 2.06 bits per heavy atom. The Kier molecular flexibility index (Phi) is 2.66. The van der Waals surface area contributed by atoms with Gasteiger partial charge in [0.1, 0.15) is 0 Å². The molecule has 2 saturated heterocycles. The van der Waals surface area contributed by atoms with Gasteiger partial charge >= 0.3 is 12.1 Å². The zero-order chi connectivity index (χ0) is 12.5. The first kappa shape index (κ1) is 11.1. The van der Waals surface area contributed by atoms with Gasteiger partial charge in [0.05, 0.1) is 6.04 Å². The van der Waals surface area contributed by atoms with E-state index in [2.05, 4.69) is 5.32 Å². The fourth-order valence-corrected chi connectivity index (χ4v) is 2.61. The number of benzene rings is 1. The SMILES string of the molecule is O=C(Nc1ccccc1)N1C(=O)N2CCCC1C2. The highest BCUT2D eigenvalue weighted by Gasteiger charge is 2.43. The molecular weight excluding hydrogens is 230 g/mol. The maximum absolute atomic E-state index is 12.1. The van der Waals surface area contributed by atoms with Crippen molar-refractivity contribution in [3.8, 4) is 0 Å². The monoisotopic (exact) mass is 245 g/mol. The summed E-state index contributed by atoms with van der Waals surface area (Å²) in [5, 5.41) is 2.77. The van der Waals surface area contributed by atoms with Crippen molar-refractivity contribution in [2.75, 3.05) is 18.4 Å². The molecule has 5 heteroatoms. The number of hydrogen-bond acceptors (Lipinski definition) is 2. The highest BCUT2D eigenvalue weighted by atomic mass is 16.2. The molecule has 4 amide bonds. The van der Waals surface area contributed by atoms with Gasteiger partial charge in [-0.3, -0.25) is 0 Å². The molecule has 2 heterocycles. The van der Waals surface area contributed by atoms with Crippen LogP contribution in [0.5, 0.6) is 0 Å². The van der Waals surface area contributed by atoms with Gasteiger partial charge in [0.15, 0.2) is 0 Å². The Balaban J connectivity index is 1.75. The van der Waals surface area contributed by atoms with E-state index in [4.69, 9.17) is 0 Å². The summed E-state index contributed by atoms with van der Waals surface area (Å²) in [6, 6.07) is 8.76. The Hall–Kier alpha value is -2.04.